The third-order valence-electron chi connectivity index (χ3n) is 2.61. The average Bonchev–Trinajstić information content (AvgIpc) is 2.28. The molecular formula is C12H14N2O4. The van der Waals surface area contributed by atoms with Crippen LogP contribution in [-0.4, -0.2) is 29.6 Å². The number of nitro groups is 1. The first-order valence-electron chi connectivity index (χ1n) is 5.22. The number of carboxylic acids is 1. The summed E-state index contributed by atoms with van der Waals surface area (Å²) in [6.07, 6.45) is 1.64. The number of benzene rings is 1. The highest BCUT2D eigenvalue weighted by atomic mass is 16.6. The maximum absolute atomic E-state index is 11.0. The van der Waals surface area contributed by atoms with Crippen molar-refractivity contribution < 1.29 is 14.8 Å². The third-order valence-corrected chi connectivity index (χ3v) is 2.61. The smallest absolute Gasteiger partial charge is 0.336 e. The molecule has 0 bridgehead atoms. The molecule has 18 heavy (non-hydrogen) atoms. The Hall–Kier alpha value is -2.37. The Kier molecular flexibility index (Phi) is 4.04. The highest BCUT2D eigenvalue weighted by molar-refractivity contribution is 5.90. The fraction of sp³-hybridized carbons (Fsp3) is 0.250. The van der Waals surface area contributed by atoms with Crippen LogP contribution in [0.2, 0.25) is 0 Å². The van der Waals surface area contributed by atoms with Crippen LogP contribution in [0.1, 0.15) is 15.9 Å². The summed E-state index contributed by atoms with van der Waals surface area (Å²) >= 11 is 0. The first kappa shape index (κ1) is 13.7. The summed E-state index contributed by atoms with van der Waals surface area (Å²) in [6, 6.07) is 2.50. The monoisotopic (exact) mass is 250 g/mol. The molecule has 1 N–H and O–H groups in total. The van der Waals surface area contributed by atoms with Gasteiger partial charge in [-0.1, -0.05) is 6.08 Å². The lowest BCUT2D eigenvalue weighted by molar-refractivity contribution is -0.385. The van der Waals surface area contributed by atoms with Gasteiger partial charge in [-0.2, -0.15) is 0 Å². The van der Waals surface area contributed by atoms with E-state index in [1.54, 1.807) is 24.9 Å². The molecule has 1 rings (SSSR count). The molecule has 0 aliphatic carbocycles. The molecule has 0 heterocycles. The number of hydrogen-bond acceptors (Lipinski definition) is 4. The van der Waals surface area contributed by atoms with Crippen molar-refractivity contribution in [2.24, 2.45) is 0 Å². The number of carboxylic acid groups (broad SMARTS) is 1. The van der Waals surface area contributed by atoms with Crippen LogP contribution < -0.4 is 4.90 Å². The predicted molar refractivity (Wildman–Crippen MR) is 68.3 cm³/mol. The molecule has 0 atom stereocenters. The Bertz CT molecular complexity index is 511. The van der Waals surface area contributed by atoms with Crippen LogP contribution in [0, 0.1) is 17.0 Å². The van der Waals surface area contributed by atoms with Crippen molar-refractivity contribution in [2.45, 2.75) is 6.92 Å². The molecular weight excluding hydrogens is 236 g/mol. The van der Waals surface area contributed by atoms with E-state index in [0.29, 0.717) is 17.8 Å². The summed E-state index contributed by atoms with van der Waals surface area (Å²) in [7, 11) is 1.72. The zero-order valence-corrected chi connectivity index (χ0v) is 10.2. The van der Waals surface area contributed by atoms with E-state index in [2.05, 4.69) is 6.58 Å². The highest BCUT2D eigenvalue weighted by Gasteiger charge is 2.20. The van der Waals surface area contributed by atoms with Crippen molar-refractivity contribution in [3.63, 3.8) is 0 Å². The Labute approximate surface area is 104 Å². The SMILES string of the molecule is C=CCN(C)c1cc(C(=O)O)cc([N+](=O)[O-])c1C. The summed E-state index contributed by atoms with van der Waals surface area (Å²) in [6.45, 7) is 5.65. The van der Waals surface area contributed by atoms with E-state index >= 15 is 0 Å². The van der Waals surface area contributed by atoms with Crippen molar-refractivity contribution in [2.75, 3.05) is 18.5 Å². The minimum atomic E-state index is -1.19. The minimum absolute atomic E-state index is 0.0989. The number of carbonyl (C=O) groups is 1. The van der Waals surface area contributed by atoms with Crippen molar-refractivity contribution in [3.05, 3.63) is 46.0 Å². The minimum Gasteiger partial charge on any atom is -0.478 e. The summed E-state index contributed by atoms with van der Waals surface area (Å²) < 4.78 is 0. The van der Waals surface area contributed by atoms with Gasteiger partial charge in [0.1, 0.15) is 0 Å². The molecule has 1 aromatic rings. The van der Waals surface area contributed by atoms with Crippen molar-refractivity contribution in [1.82, 2.24) is 0 Å². The fourth-order valence-corrected chi connectivity index (χ4v) is 1.69. The van der Waals surface area contributed by atoms with E-state index in [1.807, 2.05) is 0 Å². The number of rotatable bonds is 5. The zero-order chi connectivity index (χ0) is 13.9. The Balaban J connectivity index is 3.44. The lowest BCUT2D eigenvalue weighted by Gasteiger charge is -2.20. The van der Waals surface area contributed by atoms with Crippen LogP contribution in [0.25, 0.3) is 0 Å². The molecule has 0 spiro atoms. The quantitative estimate of drug-likeness (QED) is 0.492. The second-order valence-electron chi connectivity index (χ2n) is 3.87. The lowest BCUT2D eigenvalue weighted by Crippen LogP contribution is -2.19. The number of aromatic carboxylic acids is 1. The van der Waals surface area contributed by atoms with Crippen LogP contribution in [0.4, 0.5) is 11.4 Å². The summed E-state index contributed by atoms with van der Waals surface area (Å²) in [5.74, 6) is -1.19. The Morgan fingerprint density at radius 1 is 1.61 bits per heavy atom. The standard InChI is InChI=1S/C12H14N2O4/c1-4-5-13(3)10-6-9(12(15)16)7-11(8(10)2)14(17)18/h4,6-7H,1,5H2,2-3H3,(H,15,16). The van der Waals surface area contributed by atoms with Gasteiger partial charge < -0.3 is 10.0 Å². The maximum atomic E-state index is 11.0. The molecule has 0 amide bonds. The third kappa shape index (κ3) is 2.65. The van der Waals surface area contributed by atoms with Crippen LogP contribution in [0.15, 0.2) is 24.8 Å². The largest absolute Gasteiger partial charge is 0.478 e. The summed E-state index contributed by atoms with van der Waals surface area (Å²) in [5, 5.41) is 19.9. The van der Waals surface area contributed by atoms with Crippen LogP contribution in [0.3, 0.4) is 0 Å². The molecule has 1 aromatic carbocycles. The highest BCUT2D eigenvalue weighted by Crippen LogP contribution is 2.29. The Morgan fingerprint density at radius 3 is 2.67 bits per heavy atom. The van der Waals surface area contributed by atoms with E-state index < -0.39 is 10.9 Å². The normalized spacial score (nSPS) is 9.89. The van der Waals surface area contributed by atoms with Crippen LogP contribution in [0.5, 0.6) is 0 Å². The molecule has 0 unspecified atom stereocenters. The van der Waals surface area contributed by atoms with Gasteiger partial charge in [0, 0.05) is 25.3 Å². The molecule has 6 nitrogen and oxygen atoms in total. The van der Waals surface area contributed by atoms with Crippen molar-refractivity contribution in [1.29, 1.82) is 0 Å². The first-order chi connectivity index (χ1) is 8.38. The molecule has 0 aliphatic rings. The van der Waals surface area contributed by atoms with E-state index in [4.69, 9.17) is 5.11 Å². The number of hydrogen-bond donors (Lipinski definition) is 1. The number of nitro benzene ring substituents is 1. The van der Waals surface area contributed by atoms with Gasteiger partial charge >= 0.3 is 5.97 Å². The van der Waals surface area contributed by atoms with Gasteiger partial charge in [0.25, 0.3) is 5.69 Å². The van der Waals surface area contributed by atoms with E-state index in [-0.39, 0.29) is 11.3 Å². The Morgan fingerprint density at radius 2 is 2.22 bits per heavy atom. The maximum Gasteiger partial charge on any atom is 0.336 e. The van der Waals surface area contributed by atoms with Crippen molar-refractivity contribution in [3.8, 4) is 0 Å². The summed E-state index contributed by atoms with van der Waals surface area (Å²) in [4.78, 5) is 23.0. The van der Waals surface area contributed by atoms with E-state index in [0.717, 1.165) is 6.07 Å². The zero-order valence-electron chi connectivity index (χ0n) is 10.2. The molecule has 0 radical (unpaired) electrons. The van der Waals surface area contributed by atoms with Gasteiger partial charge in [-0.15, -0.1) is 6.58 Å². The number of likely N-dealkylation sites (N-methyl/N-ethyl adjacent to an activating group) is 1. The lowest BCUT2D eigenvalue weighted by atomic mass is 10.1. The van der Waals surface area contributed by atoms with Gasteiger partial charge in [0.05, 0.1) is 16.1 Å². The second kappa shape index (κ2) is 5.31. The fourth-order valence-electron chi connectivity index (χ4n) is 1.69. The molecule has 0 saturated carbocycles. The molecule has 96 valence electrons. The predicted octanol–water partition coefficient (Wildman–Crippen LogP) is 2.22. The van der Waals surface area contributed by atoms with Crippen LogP contribution >= 0.6 is 0 Å². The molecule has 0 aromatic heterocycles. The van der Waals surface area contributed by atoms with Gasteiger partial charge in [-0.3, -0.25) is 10.1 Å². The van der Waals surface area contributed by atoms with E-state index in [1.165, 1.54) is 6.07 Å². The summed E-state index contributed by atoms with van der Waals surface area (Å²) in [5.41, 5.74) is 0.662. The van der Waals surface area contributed by atoms with E-state index in [9.17, 15) is 14.9 Å². The molecule has 0 fully saturated rings. The number of nitrogens with zero attached hydrogens (tertiary/aromatic N) is 2. The number of anilines is 1. The molecule has 0 aliphatic heterocycles. The van der Waals surface area contributed by atoms with Gasteiger partial charge in [-0.05, 0) is 13.0 Å². The topological polar surface area (TPSA) is 83.7 Å². The van der Waals surface area contributed by atoms with Gasteiger partial charge in [-0.25, -0.2) is 4.79 Å². The van der Waals surface area contributed by atoms with Gasteiger partial charge in [0.15, 0.2) is 0 Å². The molecule has 6 heteroatoms. The van der Waals surface area contributed by atoms with Crippen molar-refractivity contribution >= 4 is 17.3 Å². The van der Waals surface area contributed by atoms with Gasteiger partial charge in [0.2, 0.25) is 0 Å². The average molecular weight is 250 g/mol. The molecule has 0 saturated heterocycles. The van der Waals surface area contributed by atoms with Crippen LogP contribution in [-0.2, 0) is 0 Å². The first-order valence-corrected chi connectivity index (χ1v) is 5.22. The second-order valence-corrected chi connectivity index (χ2v) is 3.87.